The van der Waals surface area contributed by atoms with Crippen LogP contribution in [0, 0.1) is 18.6 Å². The molecule has 3 heterocycles. The first-order valence-electron chi connectivity index (χ1n) is 11.3. The van der Waals surface area contributed by atoms with E-state index in [1.807, 2.05) is 6.07 Å². The number of amides is 1. The van der Waals surface area contributed by atoms with E-state index in [1.165, 1.54) is 9.25 Å². The largest absolute Gasteiger partial charge is 0.328 e. The van der Waals surface area contributed by atoms with E-state index in [1.54, 1.807) is 36.1 Å². The Kier molecular flexibility index (Phi) is 5.44. The lowest BCUT2D eigenvalue weighted by atomic mass is 10.0. The molecule has 2 aromatic rings. The minimum Gasteiger partial charge on any atom is -0.321 e. The van der Waals surface area contributed by atoms with E-state index in [0.717, 1.165) is 12.1 Å². The highest BCUT2D eigenvalue weighted by atomic mass is 19.2. The number of pyridine rings is 1. The second-order valence-electron chi connectivity index (χ2n) is 8.88. The Bertz CT molecular complexity index is 1420. The molecule has 0 unspecified atom stereocenters. The van der Waals surface area contributed by atoms with Gasteiger partial charge in [0.2, 0.25) is 0 Å². The average molecular weight is 466 g/mol. The molecule has 0 atom stereocenters. The van der Waals surface area contributed by atoms with Crippen LogP contribution in [0.3, 0.4) is 0 Å². The number of aromatic nitrogens is 3. The van der Waals surface area contributed by atoms with Crippen molar-refractivity contribution >= 4 is 16.9 Å². The van der Waals surface area contributed by atoms with Gasteiger partial charge in [-0.2, -0.15) is 9.78 Å². The van der Waals surface area contributed by atoms with Crippen LogP contribution in [-0.4, -0.2) is 62.4 Å². The van der Waals surface area contributed by atoms with Gasteiger partial charge in [-0.1, -0.05) is 18.2 Å². The van der Waals surface area contributed by atoms with Gasteiger partial charge in [-0.25, -0.2) is 13.6 Å². The standard InChI is InChI=1S/C25H25F2N5O2/c1-15(2)29-9-11-30(12-10-29)25(34)31-16(3)22-23(18-13-19(26)20(27)14-21(18)31)28-32(24(22)33)17-7-5-4-6-8-17/h4-8,13-15H,9-12H2,1-3H3. The molecule has 2 aromatic carbocycles. The van der Waals surface area contributed by atoms with Crippen LogP contribution in [0.25, 0.3) is 27.8 Å². The molecule has 0 N–H and O–H groups in total. The summed E-state index contributed by atoms with van der Waals surface area (Å²) in [4.78, 5) is 31.0. The Labute approximate surface area is 195 Å². The molecule has 0 aliphatic carbocycles. The Balaban J connectivity index is 1.73. The highest BCUT2D eigenvalue weighted by Gasteiger charge is 2.30. The van der Waals surface area contributed by atoms with Crippen molar-refractivity contribution in [2.45, 2.75) is 26.8 Å². The lowest BCUT2D eigenvalue weighted by Crippen LogP contribution is -2.52. The maximum absolute atomic E-state index is 14.3. The highest BCUT2D eigenvalue weighted by Crippen LogP contribution is 2.33. The van der Waals surface area contributed by atoms with Gasteiger partial charge in [0.1, 0.15) is 5.69 Å². The van der Waals surface area contributed by atoms with E-state index >= 15 is 0 Å². The van der Waals surface area contributed by atoms with Gasteiger partial charge in [-0.3, -0.25) is 14.3 Å². The fraction of sp³-hybridized carbons (Fsp3) is 0.320. The molecule has 1 fully saturated rings. The van der Waals surface area contributed by atoms with E-state index in [9.17, 15) is 18.4 Å². The summed E-state index contributed by atoms with van der Waals surface area (Å²) in [5.41, 5.74) is 1.08. The van der Waals surface area contributed by atoms with Gasteiger partial charge >= 0.3 is 6.03 Å². The van der Waals surface area contributed by atoms with E-state index < -0.39 is 17.2 Å². The molecular formula is C25H25F2N5O2. The summed E-state index contributed by atoms with van der Waals surface area (Å²) in [5.74, 6) is -2.13. The van der Waals surface area contributed by atoms with Crippen LogP contribution >= 0.6 is 0 Å². The van der Waals surface area contributed by atoms with Crippen LogP contribution in [0.4, 0.5) is 13.6 Å². The van der Waals surface area contributed by atoms with Crippen molar-refractivity contribution in [3.05, 3.63) is 70.1 Å². The van der Waals surface area contributed by atoms with Crippen LogP contribution < -0.4 is 5.56 Å². The molecule has 7 nitrogen and oxygen atoms in total. The number of hydrogen-bond donors (Lipinski definition) is 0. The van der Waals surface area contributed by atoms with Crippen LogP contribution in [-0.2, 0) is 0 Å². The zero-order valence-corrected chi connectivity index (χ0v) is 19.3. The number of hydrogen-bond acceptors (Lipinski definition) is 4. The highest BCUT2D eigenvalue weighted by molar-refractivity contribution is 6.00. The molecule has 1 saturated heterocycles. The van der Waals surface area contributed by atoms with Gasteiger partial charge in [-0.15, -0.1) is 0 Å². The van der Waals surface area contributed by atoms with Gasteiger partial charge in [0, 0.05) is 49.4 Å². The first-order chi connectivity index (χ1) is 16.3. The van der Waals surface area contributed by atoms with E-state index in [2.05, 4.69) is 23.8 Å². The molecule has 5 rings (SSSR count). The number of fused-ring (bicyclic) bond motifs is 3. The van der Waals surface area contributed by atoms with E-state index in [4.69, 9.17) is 0 Å². The Hall–Kier alpha value is -3.59. The first-order valence-corrected chi connectivity index (χ1v) is 11.3. The minimum atomic E-state index is -1.07. The number of piperazine rings is 1. The second kappa shape index (κ2) is 8.32. The van der Waals surface area contributed by atoms with Gasteiger partial charge in [0.05, 0.1) is 16.8 Å². The third-order valence-corrected chi connectivity index (χ3v) is 6.58. The molecule has 3 aliphatic heterocycles. The lowest BCUT2D eigenvalue weighted by Gasteiger charge is -2.37. The number of carbonyl (C=O) groups excluding carboxylic acids is 1. The topological polar surface area (TPSA) is 63.4 Å². The van der Waals surface area contributed by atoms with Crippen LogP contribution in [0.1, 0.15) is 19.5 Å². The molecule has 0 saturated carbocycles. The molecule has 3 aliphatic rings. The summed E-state index contributed by atoms with van der Waals surface area (Å²) in [7, 11) is 0. The third-order valence-electron chi connectivity index (χ3n) is 6.58. The van der Waals surface area contributed by atoms with E-state index in [0.29, 0.717) is 43.6 Å². The summed E-state index contributed by atoms with van der Waals surface area (Å²) in [6.07, 6.45) is 0. The van der Waals surface area contributed by atoms with Crippen molar-refractivity contribution in [1.29, 1.82) is 0 Å². The van der Waals surface area contributed by atoms with Gasteiger partial charge in [0.25, 0.3) is 5.56 Å². The molecule has 9 heteroatoms. The summed E-state index contributed by atoms with van der Waals surface area (Å²) in [5, 5.41) is 4.66. The Morgan fingerprint density at radius 1 is 1.00 bits per heavy atom. The maximum atomic E-state index is 14.3. The molecule has 34 heavy (non-hydrogen) atoms. The van der Waals surface area contributed by atoms with Crippen molar-refractivity contribution < 1.29 is 13.6 Å². The zero-order valence-electron chi connectivity index (χ0n) is 19.3. The first kappa shape index (κ1) is 22.2. The molecule has 0 radical (unpaired) electrons. The van der Waals surface area contributed by atoms with Gasteiger partial charge in [-0.05, 0) is 39.0 Å². The number of carbonyl (C=O) groups is 1. The van der Waals surface area contributed by atoms with Crippen molar-refractivity contribution in [2.75, 3.05) is 26.2 Å². The average Bonchev–Trinajstić information content (AvgIpc) is 3.18. The third kappa shape index (κ3) is 3.47. The monoisotopic (exact) mass is 465 g/mol. The second-order valence-corrected chi connectivity index (χ2v) is 8.88. The van der Waals surface area contributed by atoms with Crippen LogP contribution in [0.5, 0.6) is 0 Å². The quantitative estimate of drug-likeness (QED) is 0.451. The van der Waals surface area contributed by atoms with Crippen molar-refractivity contribution in [3.8, 4) is 16.9 Å². The molecule has 176 valence electrons. The molecule has 1 amide bonds. The fourth-order valence-corrected chi connectivity index (χ4v) is 4.68. The van der Waals surface area contributed by atoms with Crippen molar-refractivity contribution in [1.82, 2.24) is 24.1 Å². The molecular weight excluding hydrogens is 440 g/mol. The summed E-state index contributed by atoms with van der Waals surface area (Å²) >= 11 is 0. The minimum absolute atomic E-state index is 0.179. The van der Waals surface area contributed by atoms with E-state index in [-0.39, 0.29) is 28.2 Å². The summed E-state index contributed by atoms with van der Waals surface area (Å²) in [6, 6.07) is 10.9. The number of rotatable bonds is 2. The van der Waals surface area contributed by atoms with Crippen LogP contribution in [0.2, 0.25) is 0 Å². The number of halogens is 2. The summed E-state index contributed by atoms with van der Waals surface area (Å²) in [6.45, 7) is 8.28. The zero-order chi connectivity index (χ0) is 24.1. The molecule has 0 aromatic heterocycles. The number of nitrogens with zero attached hydrogens (tertiary/aromatic N) is 5. The van der Waals surface area contributed by atoms with Crippen molar-refractivity contribution in [2.24, 2.45) is 0 Å². The van der Waals surface area contributed by atoms with Gasteiger partial charge in [0.15, 0.2) is 11.6 Å². The Morgan fingerprint density at radius 3 is 2.29 bits per heavy atom. The fourth-order valence-electron chi connectivity index (χ4n) is 4.68. The molecule has 0 spiro atoms. The normalized spacial score (nSPS) is 15.1. The SMILES string of the molecule is Cc1c2c(=O)n(-c3ccccc3)nc-2c2cc(F)c(F)cc2n1C(=O)N1CCN(C(C)C)CC1. The summed E-state index contributed by atoms with van der Waals surface area (Å²) < 4.78 is 31.2. The molecule has 0 bridgehead atoms. The van der Waals surface area contributed by atoms with Crippen molar-refractivity contribution in [3.63, 3.8) is 0 Å². The number of para-hydroxylation sites is 1. The predicted octanol–water partition coefficient (Wildman–Crippen LogP) is 3.87. The smallest absolute Gasteiger partial charge is 0.321 e. The Morgan fingerprint density at radius 2 is 1.65 bits per heavy atom. The predicted molar refractivity (Wildman–Crippen MR) is 126 cm³/mol. The van der Waals surface area contributed by atoms with Gasteiger partial charge < -0.3 is 4.90 Å². The maximum Gasteiger partial charge on any atom is 0.328 e. The van der Waals surface area contributed by atoms with Crippen LogP contribution in [0.15, 0.2) is 47.3 Å². The lowest BCUT2D eigenvalue weighted by molar-refractivity contribution is 0.120. The number of benzene rings is 2.